The predicted molar refractivity (Wildman–Crippen MR) is 109 cm³/mol. The Hall–Kier alpha value is -3.33. The predicted octanol–water partition coefficient (Wildman–Crippen LogP) is 4.40. The molecule has 0 bridgehead atoms. The van der Waals surface area contributed by atoms with Crippen molar-refractivity contribution in [1.29, 1.82) is 5.26 Å². The van der Waals surface area contributed by atoms with E-state index in [1.165, 1.54) is 19.6 Å². The standard InChI is InChI=1S/C23H24N2O4/c1-15-12-16(23(27)28-2)8-10-20(15)21-11-9-19(29-21)13-17(14-24)22(26)25-18-6-4-3-5-7-18/h8-13,18H,3-7H2,1-2H3,(H,25,26)/b17-13+. The number of amides is 1. The second-order valence-electron chi connectivity index (χ2n) is 7.20. The maximum Gasteiger partial charge on any atom is 0.337 e. The van der Waals surface area contributed by atoms with E-state index in [0.717, 1.165) is 36.8 Å². The van der Waals surface area contributed by atoms with E-state index < -0.39 is 5.97 Å². The summed E-state index contributed by atoms with van der Waals surface area (Å²) in [6.45, 7) is 1.87. The quantitative estimate of drug-likeness (QED) is 0.463. The van der Waals surface area contributed by atoms with E-state index in [-0.39, 0.29) is 17.5 Å². The summed E-state index contributed by atoms with van der Waals surface area (Å²) >= 11 is 0. The summed E-state index contributed by atoms with van der Waals surface area (Å²) in [6, 6.07) is 10.8. The van der Waals surface area contributed by atoms with Crippen LogP contribution in [-0.2, 0) is 9.53 Å². The first-order valence-electron chi connectivity index (χ1n) is 9.73. The number of methoxy groups -OCH3 is 1. The van der Waals surface area contributed by atoms with Crippen molar-refractivity contribution in [1.82, 2.24) is 5.32 Å². The van der Waals surface area contributed by atoms with Crippen molar-refractivity contribution in [2.75, 3.05) is 7.11 Å². The lowest BCUT2D eigenvalue weighted by Gasteiger charge is -2.22. The second-order valence-corrected chi connectivity index (χ2v) is 7.20. The third kappa shape index (κ3) is 4.94. The van der Waals surface area contributed by atoms with Crippen LogP contribution in [-0.4, -0.2) is 25.0 Å². The van der Waals surface area contributed by atoms with E-state index >= 15 is 0 Å². The molecule has 1 N–H and O–H groups in total. The highest BCUT2D eigenvalue weighted by atomic mass is 16.5. The van der Waals surface area contributed by atoms with Crippen LogP contribution in [0.25, 0.3) is 17.4 Å². The van der Waals surface area contributed by atoms with Crippen molar-refractivity contribution in [3.63, 3.8) is 0 Å². The number of ether oxygens (including phenoxy) is 1. The Morgan fingerprint density at radius 3 is 2.62 bits per heavy atom. The normalized spacial score (nSPS) is 14.9. The molecule has 1 aromatic heterocycles. The number of hydrogen-bond donors (Lipinski definition) is 1. The first-order valence-corrected chi connectivity index (χ1v) is 9.73. The van der Waals surface area contributed by atoms with Crippen LogP contribution >= 0.6 is 0 Å². The van der Waals surface area contributed by atoms with E-state index in [0.29, 0.717) is 17.1 Å². The van der Waals surface area contributed by atoms with Crippen molar-refractivity contribution in [3.05, 3.63) is 52.8 Å². The second kappa shape index (κ2) is 9.24. The van der Waals surface area contributed by atoms with Crippen molar-refractivity contribution in [3.8, 4) is 17.4 Å². The smallest absolute Gasteiger partial charge is 0.337 e. The van der Waals surface area contributed by atoms with Crippen LogP contribution in [0.15, 0.2) is 40.3 Å². The maximum absolute atomic E-state index is 12.4. The highest BCUT2D eigenvalue weighted by molar-refractivity contribution is 6.01. The zero-order chi connectivity index (χ0) is 20.8. The zero-order valence-corrected chi connectivity index (χ0v) is 16.7. The summed E-state index contributed by atoms with van der Waals surface area (Å²) in [7, 11) is 1.34. The van der Waals surface area contributed by atoms with Crippen LogP contribution in [0.1, 0.15) is 53.8 Å². The highest BCUT2D eigenvalue weighted by Gasteiger charge is 2.19. The molecule has 0 spiro atoms. The van der Waals surface area contributed by atoms with Gasteiger partial charge in [-0.25, -0.2) is 4.79 Å². The van der Waals surface area contributed by atoms with Gasteiger partial charge in [0.15, 0.2) is 0 Å². The highest BCUT2D eigenvalue weighted by Crippen LogP contribution is 2.27. The van der Waals surface area contributed by atoms with Gasteiger partial charge in [0, 0.05) is 17.7 Å². The number of nitrogens with one attached hydrogen (secondary N) is 1. The molecule has 1 aromatic carbocycles. The molecule has 1 heterocycles. The van der Waals surface area contributed by atoms with Crippen LogP contribution in [0, 0.1) is 18.3 Å². The van der Waals surface area contributed by atoms with Gasteiger partial charge in [0.1, 0.15) is 23.2 Å². The molecule has 0 aliphatic heterocycles. The zero-order valence-electron chi connectivity index (χ0n) is 16.7. The van der Waals surface area contributed by atoms with Gasteiger partial charge in [-0.1, -0.05) is 25.3 Å². The summed E-state index contributed by atoms with van der Waals surface area (Å²) in [5.74, 6) is 0.253. The molecule has 1 amide bonds. The Morgan fingerprint density at radius 2 is 1.97 bits per heavy atom. The number of aryl methyl sites for hydroxylation is 1. The largest absolute Gasteiger partial charge is 0.465 e. The van der Waals surface area contributed by atoms with Gasteiger partial charge in [-0.15, -0.1) is 0 Å². The molecule has 3 rings (SSSR count). The molecule has 0 atom stereocenters. The Bertz CT molecular complexity index is 975. The summed E-state index contributed by atoms with van der Waals surface area (Å²) < 4.78 is 10.6. The van der Waals surface area contributed by atoms with Crippen LogP contribution in [0.4, 0.5) is 0 Å². The third-order valence-corrected chi connectivity index (χ3v) is 5.13. The molecule has 0 saturated heterocycles. The van der Waals surface area contributed by atoms with E-state index in [1.807, 2.05) is 13.0 Å². The average molecular weight is 392 g/mol. The molecule has 2 aromatic rings. The Labute approximate surface area is 170 Å². The van der Waals surface area contributed by atoms with Gasteiger partial charge >= 0.3 is 5.97 Å². The van der Waals surface area contributed by atoms with Crippen LogP contribution in [0.3, 0.4) is 0 Å². The number of carbonyl (C=O) groups excluding carboxylic acids is 2. The number of furan rings is 1. The molecule has 1 aliphatic carbocycles. The molecule has 1 saturated carbocycles. The van der Waals surface area contributed by atoms with Crippen LogP contribution in [0.5, 0.6) is 0 Å². The fourth-order valence-electron chi connectivity index (χ4n) is 3.56. The lowest BCUT2D eigenvalue weighted by molar-refractivity contribution is -0.117. The van der Waals surface area contributed by atoms with Gasteiger partial charge in [-0.05, 0) is 49.6 Å². The van der Waals surface area contributed by atoms with Crippen molar-refractivity contribution in [2.45, 2.75) is 45.1 Å². The lowest BCUT2D eigenvalue weighted by atomic mass is 9.95. The molecule has 1 fully saturated rings. The first-order chi connectivity index (χ1) is 14.0. The summed E-state index contributed by atoms with van der Waals surface area (Å²) in [6.07, 6.45) is 6.77. The fraction of sp³-hybridized carbons (Fsp3) is 0.348. The van der Waals surface area contributed by atoms with Crippen LogP contribution < -0.4 is 5.32 Å². The number of nitriles is 1. The minimum absolute atomic E-state index is 0.0224. The van der Waals surface area contributed by atoms with Gasteiger partial charge in [0.2, 0.25) is 0 Å². The van der Waals surface area contributed by atoms with Gasteiger partial charge in [0.25, 0.3) is 5.91 Å². The number of benzene rings is 1. The van der Waals surface area contributed by atoms with Gasteiger partial charge in [-0.3, -0.25) is 4.79 Å². The molecule has 150 valence electrons. The van der Waals surface area contributed by atoms with E-state index in [2.05, 4.69) is 5.32 Å². The lowest BCUT2D eigenvalue weighted by Crippen LogP contribution is -2.36. The van der Waals surface area contributed by atoms with Crippen LogP contribution in [0.2, 0.25) is 0 Å². The van der Waals surface area contributed by atoms with E-state index in [9.17, 15) is 14.9 Å². The monoisotopic (exact) mass is 392 g/mol. The van der Waals surface area contributed by atoms with E-state index in [4.69, 9.17) is 9.15 Å². The van der Waals surface area contributed by atoms with E-state index in [1.54, 1.807) is 30.3 Å². The Kier molecular flexibility index (Phi) is 6.50. The summed E-state index contributed by atoms with van der Waals surface area (Å²) in [5.41, 5.74) is 2.16. The van der Waals surface area contributed by atoms with Gasteiger partial charge in [-0.2, -0.15) is 5.26 Å². The van der Waals surface area contributed by atoms with Gasteiger partial charge < -0.3 is 14.5 Å². The van der Waals surface area contributed by atoms with Crippen molar-refractivity contribution in [2.24, 2.45) is 0 Å². The van der Waals surface area contributed by atoms with Crippen molar-refractivity contribution < 1.29 is 18.7 Å². The molecular formula is C23H24N2O4. The maximum atomic E-state index is 12.4. The number of nitrogens with zero attached hydrogens (tertiary/aromatic N) is 1. The third-order valence-electron chi connectivity index (χ3n) is 5.13. The number of carbonyl (C=O) groups is 2. The molecule has 6 nitrogen and oxygen atoms in total. The number of esters is 1. The molecule has 29 heavy (non-hydrogen) atoms. The molecular weight excluding hydrogens is 368 g/mol. The molecule has 0 unspecified atom stereocenters. The number of hydrogen-bond acceptors (Lipinski definition) is 5. The minimum Gasteiger partial charge on any atom is -0.465 e. The molecule has 0 radical (unpaired) electrons. The average Bonchev–Trinajstić information content (AvgIpc) is 3.20. The molecule has 6 heteroatoms. The van der Waals surface area contributed by atoms with Crippen molar-refractivity contribution >= 4 is 18.0 Å². The first kappa shape index (κ1) is 20.4. The SMILES string of the molecule is COC(=O)c1ccc(-c2ccc(/C=C(\C#N)C(=O)NC3CCCCC3)o2)c(C)c1. The fourth-order valence-corrected chi connectivity index (χ4v) is 3.56. The minimum atomic E-state index is -0.398. The number of rotatable bonds is 5. The molecule has 1 aliphatic rings. The van der Waals surface area contributed by atoms with Gasteiger partial charge in [0.05, 0.1) is 12.7 Å². The Morgan fingerprint density at radius 1 is 1.21 bits per heavy atom. The summed E-state index contributed by atoms with van der Waals surface area (Å²) in [5, 5.41) is 12.3. The topological polar surface area (TPSA) is 92.3 Å². The summed E-state index contributed by atoms with van der Waals surface area (Å²) in [4.78, 5) is 24.1. The Balaban J connectivity index is 1.77.